The van der Waals surface area contributed by atoms with E-state index in [-0.39, 0.29) is 5.91 Å². The zero-order valence-corrected chi connectivity index (χ0v) is 9.34. The lowest BCUT2D eigenvalue weighted by atomic mass is 10.1. The minimum absolute atomic E-state index is 0.0369. The summed E-state index contributed by atoms with van der Waals surface area (Å²) in [4.78, 5) is 12.9. The SMILES string of the molecule is C=CC1=C(C=C)C(=O)N(C)C1.CCC. The van der Waals surface area contributed by atoms with Gasteiger partial charge in [0.05, 0.1) is 0 Å². The molecule has 0 aromatic rings. The van der Waals surface area contributed by atoms with Gasteiger partial charge in [0.1, 0.15) is 0 Å². The van der Waals surface area contributed by atoms with Gasteiger partial charge in [0.25, 0.3) is 5.91 Å². The Balaban J connectivity index is 0.000000500. The first kappa shape index (κ1) is 12.7. The van der Waals surface area contributed by atoms with Gasteiger partial charge in [0, 0.05) is 19.2 Å². The molecule has 1 rings (SSSR count). The largest absolute Gasteiger partial charge is 0.337 e. The second-order valence-electron chi connectivity index (χ2n) is 3.22. The average molecular weight is 193 g/mol. The van der Waals surface area contributed by atoms with E-state index in [1.807, 2.05) is 0 Å². The van der Waals surface area contributed by atoms with Crippen LogP contribution in [0.4, 0.5) is 0 Å². The van der Waals surface area contributed by atoms with Gasteiger partial charge in [-0.2, -0.15) is 0 Å². The summed E-state index contributed by atoms with van der Waals surface area (Å²) in [5, 5.41) is 0. The maximum absolute atomic E-state index is 11.3. The Kier molecular flexibility index (Phi) is 5.61. The maximum atomic E-state index is 11.3. The van der Waals surface area contributed by atoms with E-state index in [1.54, 1.807) is 24.1 Å². The lowest BCUT2D eigenvalue weighted by Gasteiger charge is -2.06. The van der Waals surface area contributed by atoms with Crippen LogP contribution in [0.5, 0.6) is 0 Å². The zero-order chi connectivity index (χ0) is 11.1. The minimum atomic E-state index is 0.0369. The van der Waals surface area contributed by atoms with Crippen molar-refractivity contribution in [2.75, 3.05) is 13.6 Å². The summed E-state index contributed by atoms with van der Waals surface area (Å²) in [6.07, 6.45) is 4.54. The molecule has 0 atom stereocenters. The fourth-order valence-electron chi connectivity index (χ4n) is 1.15. The van der Waals surface area contributed by atoms with Crippen molar-refractivity contribution >= 4 is 5.91 Å². The summed E-state index contributed by atoms with van der Waals surface area (Å²) in [6, 6.07) is 0. The lowest BCUT2D eigenvalue weighted by molar-refractivity contribution is -0.124. The number of rotatable bonds is 2. The molecule has 0 aliphatic carbocycles. The molecule has 1 heterocycles. The van der Waals surface area contributed by atoms with Crippen LogP contribution in [0.3, 0.4) is 0 Å². The first-order chi connectivity index (χ1) is 6.62. The normalized spacial score (nSPS) is 15.1. The first-order valence-corrected chi connectivity index (χ1v) is 4.85. The molecule has 0 unspecified atom stereocenters. The Morgan fingerprint density at radius 1 is 1.36 bits per heavy atom. The molecule has 0 radical (unpaired) electrons. The number of carbonyl (C=O) groups excluding carboxylic acids is 1. The van der Waals surface area contributed by atoms with Gasteiger partial charge in [-0.1, -0.05) is 45.6 Å². The second kappa shape index (κ2) is 6.19. The van der Waals surface area contributed by atoms with Crippen molar-refractivity contribution in [3.8, 4) is 0 Å². The molecule has 0 aromatic heterocycles. The van der Waals surface area contributed by atoms with E-state index in [4.69, 9.17) is 0 Å². The summed E-state index contributed by atoms with van der Waals surface area (Å²) in [5.74, 6) is 0.0369. The molecule has 0 spiro atoms. The molecule has 0 aromatic carbocycles. The summed E-state index contributed by atoms with van der Waals surface area (Å²) >= 11 is 0. The highest BCUT2D eigenvalue weighted by molar-refractivity contribution is 6.00. The zero-order valence-electron chi connectivity index (χ0n) is 9.34. The summed E-state index contributed by atoms with van der Waals surface area (Å²) in [7, 11) is 1.77. The summed E-state index contributed by atoms with van der Waals surface area (Å²) in [6.45, 7) is 12.1. The van der Waals surface area contributed by atoms with Crippen LogP contribution in [0.1, 0.15) is 20.3 Å². The van der Waals surface area contributed by atoms with E-state index in [9.17, 15) is 4.79 Å². The molecular formula is C12H19NO. The maximum Gasteiger partial charge on any atom is 0.254 e. The Hall–Kier alpha value is -1.31. The van der Waals surface area contributed by atoms with Gasteiger partial charge in [0.2, 0.25) is 0 Å². The van der Waals surface area contributed by atoms with Gasteiger partial charge < -0.3 is 4.90 Å². The average Bonchev–Trinajstić information content (AvgIpc) is 2.44. The van der Waals surface area contributed by atoms with Crippen LogP contribution < -0.4 is 0 Å². The molecule has 0 bridgehead atoms. The molecule has 1 amide bonds. The topological polar surface area (TPSA) is 20.3 Å². The predicted octanol–water partition coefficient (Wildman–Crippen LogP) is 2.54. The highest BCUT2D eigenvalue weighted by Gasteiger charge is 2.22. The molecule has 1 aliphatic heterocycles. The smallest absolute Gasteiger partial charge is 0.254 e. The monoisotopic (exact) mass is 193 g/mol. The predicted molar refractivity (Wildman–Crippen MR) is 61.0 cm³/mol. The van der Waals surface area contributed by atoms with E-state index in [2.05, 4.69) is 27.0 Å². The van der Waals surface area contributed by atoms with Crippen molar-refractivity contribution in [3.63, 3.8) is 0 Å². The van der Waals surface area contributed by atoms with Gasteiger partial charge in [-0.15, -0.1) is 0 Å². The van der Waals surface area contributed by atoms with Crippen LogP contribution in [0.25, 0.3) is 0 Å². The van der Waals surface area contributed by atoms with Gasteiger partial charge in [-0.25, -0.2) is 0 Å². The third-order valence-corrected chi connectivity index (χ3v) is 1.78. The Bertz CT molecular complexity index is 263. The molecule has 14 heavy (non-hydrogen) atoms. The van der Waals surface area contributed by atoms with Crippen molar-refractivity contribution in [2.45, 2.75) is 20.3 Å². The van der Waals surface area contributed by atoms with Crippen molar-refractivity contribution < 1.29 is 4.79 Å². The van der Waals surface area contributed by atoms with E-state index < -0.39 is 0 Å². The number of likely N-dealkylation sites (N-methyl/N-ethyl adjacent to an activating group) is 1. The highest BCUT2D eigenvalue weighted by Crippen LogP contribution is 2.18. The standard InChI is InChI=1S/C9H11NO.C3H8/c1-4-7-6-10(3)9(11)8(7)5-2;1-3-2/h4-5H,1-2,6H2,3H3;3H2,1-2H3. The van der Waals surface area contributed by atoms with Gasteiger partial charge in [-0.3, -0.25) is 4.79 Å². The fraction of sp³-hybridized carbons (Fsp3) is 0.417. The minimum Gasteiger partial charge on any atom is -0.337 e. The van der Waals surface area contributed by atoms with Gasteiger partial charge in [0.15, 0.2) is 0 Å². The quantitative estimate of drug-likeness (QED) is 0.660. The molecule has 0 saturated heterocycles. The van der Waals surface area contributed by atoms with E-state index in [0.29, 0.717) is 12.1 Å². The van der Waals surface area contributed by atoms with Crippen molar-refractivity contribution in [2.24, 2.45) is 0 Å². The van der Waals surface area contributed by atoms with Crippen LogP contribution in [0.2, 0.25) is 0 Å². The molecular weight excluding hydrogens is 174 g/mol. The molecule has 0 saturated carbocycles. The Morgan fingerprint density at radius 2 is 1.86 bits per heavy atom. The Labute approximate surface area is 86.6 Å². The van der Waals surface area contributed by atoms with Gasteiger partial charge >= 0.3 is 0 Å². The van der Waals surface area contributed by atoms with Crippen LogP contribution in [0, 0.1) is 0 Å². The van der Waals surface area contributed by atoms with Crippen LogP contribution in [-0.2, 0) is 4.79 Å². The molecule has 78 valence electrons. The third-order valence-electron chi connectivity index (χ3n) is 1.78. The number of hydrogen-bond donors (Lipinski definition) is 0. The molecule has 2 nitrogen and oxygen atoms in total. The number of carbonyl (C=O) groups is 1. The van der Waals surface area contributed by atoms with Crippen LogP contribution in [0.15, 0.2) is 36.5 Å². The summed E-state index contributed by atoms with van der Waals surface area (Å²) < 4.78 is 0. The number of amides is 1. The lowest BCUT2D eigenvalue weighted by Crippen LogP contribution is -2.21. The van der Waals surface area contributed by atoms with Crippen LogP contribution in [-0.4, -0.2) is 24.4 Å². The van der Waals surface area contributed by atoms with Gasteiger partial charge in [-0.05, 0) is 5.57 Å². The highest BCUT2D eigenvalue weighted by atomic mass is 16.2. The molecule has 1 aliphatic rings. The molecule has 0 N–H and O–H groups in total. The van der Waals surface area contributed by atoms with Crippen molar-refractivity contribution in [1.82, 2.24) is 4.90 Å². The summed E-state index contributed by atoms with van der Waals surface area (Å²) in [5.41, 5.74) is 1.65. The van der Waals surface area contributed by atoms with E-state index >= 15 is 0 Å². The van der Waals surface area contributed by atoms with Crippen molar-refractivity contribution in [3.05, 3.63) is 36.5 Å². The Morgan fingerprint density at radius 3 is 2.14 bits per heavy atom. The number of nitrogens with zero attached hydrogens (tertiary/aromatic N) is 1. The van der Waals surface area contributed by atoms with Crippen molar-refractivity contribution in [1.29, 1.82) is 0 Å². The first-order valence-electron chi connectivity index (χ1n) is 4.85. The number of hydrogen-bond acceptors (Lipinski definition) is 1. The molecule has 0 fully saturated rings. The second-order valence-corrected chi connectivity index (χ2v) is 3.22. The fourth-order valence-corrected chi connectivity index (χ4v) is 1.15. The molecule has 2 heteroatoms. The van der Waals surface area contributed by atoms with Crippen LogP contribution >= 0.6 is 0 Å². The third kappa shape index (κ3) is 2.87. The van der Waals surface area contributed by atoms with E-state index in [1.165, 1.54) is 6.42 Å². The van der Waals surface area contributed by atoms with E-state index in [0.717, 1.165) is 5.57 Å².